The fourth-order valence-electron chi connectivity index (χ4n) is 3.08. The molecule has 0 spiro atoms. The van der Waals surface area contributed by atoms with Crippen LogP contribution in [0.2, 0.25) is 0 Å². The van der Waals surface area contributed by atoms with Gasteiger partial charge in [0, 0.05) is 5.69 Å². The van der Waals surface area contributed by atoms with Gasteiger partial charge in [-0.15, -0.1) is 0 Å². The van der Waals surface area contributed by atoms with Crippen LogP contribution in [0.25, 0.3) is 0 Å². The van der Waals surface area contributed by atoms with Gasteiger partial charge in [-0.05, 0) is 48.6 Å². The van der Waals surface area contributed by atoms with Crippen LogP contribution in [0.5, 0.6) is 0 Å². The molecule has 1 aromatic rings. The summed E-state index contributed by atoms with van der Waals surface area (Å²) in [6, 6.07) is 8.36. The Balaban J connectivity index is 2.20. The highest BCUT2D eigenvalue weighted by molar-refractivity contribution is 5.48. The van der Waals surface area contributed by atoms with Gasteiger partial charge in [0.25, 0.3) is 0 Å². The largest absolute Gasteiger partial charge is 0.398 e. The number of rotatable bonds is 1. The molecule has 1 aliphatic rings. The molecule has 1 aromatic carbocycles. The quantitative estimate of drug-likeness (QED) is 0.690. The Hall–Kier alpha value is -0.980. The van der Waals surface area contributed by atoms with Gasteiger partial charge >= 0.3 is 0 Å². The van der Waals surface area contributed by atoms with Crippen LogP contribution in [0.4, 0.5) is 5.69 Å². The monoisotopic (exact) mass is 203 g/mol. The van der Waals surface area contributed by atoms with E-state index in [1.54, 1.807) is 0 Å². The van der Waals surface area contributed by atoms with E-state index in [1.807, 2.05) is 12.1 Å². The fraction of sp³-hybridized carbons (Fsp3) is 0.571. The number of anilines is 1. The van der Waals surface area contributed by atoms with Crippen molar-refractivity contribution in [3.05, 3.63) is 29.8 Å². The van der Waals surface area contributed by atoms with Crippen molar-refractivity contribution in [2.75, 3.05) is 5.73 Å². The third-order valence-electron chi connectivity index (χ3n) is 3.61. The zero-order valence-electron chi connectivity index (χ0n) is 9.74. The molecule has 82 valence electrons. The summed E-state index contributed by atoms with van der Waals surface area (Å²) in [5, 5.41) is 0. The summed E-state index contributed by atoms with van der Waals surface area (Å²) in [4.78, 5) is 0. The SMILES string of the molecule is C[C@@H]1CC(c2ccccc2N)C[C@@H](C)C1. The lowest BCUT2D eigenvalue weighted by atomic mass is 9.74. The van der Waals surface area contributed by atoms with E-state index in [9.17, 15) is 0 Å². The normalized spacial score (nSPS) is 31.5. The van der Waals surface area contributed by atoms with Gasteiger partial charge in [-0.2, -0.15) is 0 Å². The molecule has 0 unspecified atom stereocenters. The lowest BCUT2D eigenvalue weighted by molar-refractivity contribution is 0.269. The standard InChI is InChI=1S/C14H21N/c1-10-7-11(2)9-12(8-10)13-5-3-4-6-14(13)15/h3-6,10-12H,7-9,15H2,1-2H3/t10-,11-/m0/s1. The number of nitrogen functional groups attached to an aromatic ring is 1. The van der Waals surface area contributed by atoms with E-state index in [-0.39, 0.29) is 0 Å². The second-order valence-corrected chi connectivity index (χ2v) is 5.24. The van der Waals surface area contributed by atoms with Crippen LogP contribution in [0.3, 0.4) is 0 Å². The minimum absolute atomic E-state index is 0.685. The first-order chi connectivity index (χ1) is 7.16. The van der Waals surface area contributed by atoms with E-state index in [1.165, 1.54) is 24.8 Å². The third kappa shape index (κ3) is 2.34. The van der Waals surface area contributed by atoms with Crippen molar-refractivity contribution in [3.8, 4) is 0 Å². The van der Waals surface area contributed by atoms with E-state index in [0.717, 1.165) is 17.5 Å². The lowest BCUT2D eigenvalue weighted by Gasteiger charge is -2.32. The van der Waals surface area contributed by atoms with E-state index in [4.69, 9.17) is 5.73 Å². The molecule has 1 saturated carbocycles. The highest BCUT2D eigenvalue weighted by Gasteiger charge is 2.25. The maximum Gasteiger partial charge on any atom is 0.0349 e. The summed E-state index contributed by atoms with van der Waals surface area (Å²) in [5.41, 5.74) is 8.39. The molecule has 2 N–H and O–H groups in total. The molecule has 0 radical (unpaired) electrons. The molecular formula is C14H21N. The average molecular weight is 203 g/mol. The Morgan fingerprint density at radius 3 is 2.20 bits per heavy atom. The molecule has 2 rings (SSSR count). The first kappa shape index (κ1) is 10.5. The van der Waals surface area contributed by atoms with Crippen molar-refractivity contribution < 1.29 is 0 Å². The number of nitrogens with two attached hydrogens (primary N) is 1. The molecule has 0 aliphatic heterocycles. The summed E-state index contributed by atoms with van der Waals surface area (Å²) in [5.74, 6) is 2.38. The van der Waals surface area contributed by atoms with Crippen LogP contribution in [-0.2, 0) is 0 Å². The van der Waals surface area contributed by atoms with Crippen molar-refractivity contribution in [2.45, 2.75) is 39.0 Å². The summed E-state index contributed by atoms with van der Waals surface area (Å²) >= 11 is 0. The van der Waals surface area contributed by atoms with Crippen LogP contribution >= 0.6 is 0 Å². The Labute approximate surface area is 92.7 Å². The van der Waals surface area contributed by atoms with Gasteiger partial charge < -0.3 is 5.73 Å². The number of hydrogen-bond acceptors (Lipinski definition) is 1. The van der Waals surface area contributed by atoms with Gasteiger partial charge in [-0.3, -0.25) is 0 Å². The minimum atomic E-state index is 0.685. The van der Waals surface area contributed by atoms with Gasteiger partial charge in [-0.25, -0.2) is 0 Å². The first-order valence-corrected chi connectivity index (χ1v) is 6.01. The maximum absolute atomic E-state index is 6.04. The third-order valence-corrected chi connectivity index (χ3v) is 3.61. The van der Waals surface area contributed by atoms with Crippen molar-refractivity contribution in [2.24, 2.45) is 11.8 Å². The predicted octanol–water partition coefficient (Wildman–Crippen LogP) is 3.81. The molecule has 0 bridgehead atoms. The Morgan fingerprint density at radius 2 is 1.60 bits per heavy atom. The number of para-hydroxylation sites is 1. The molecule has 0 heterocycles. The minimum Gasteiger partial charge on any atom is -0.398 e. The van der Waals surface area contributed by atoms with Crippen molar-refractivity contribution in [1.82, 2.24) is 0 Å². The summed E-state index contributed by atoms with van der Waals surface area (Å²) in [6.07, 6.45) is 3.99. The zero-order chi connectivity index (χ0) is 10.8. The first-order valence-electron chi connectivity index (χ1n) is 6.01. The van der Waals surface area contributed by atoms with E-state index in [0.29, 0.717) is 5.92 Å². The van der Waals surface area contributed by atoms with Gasteiger partial charge in [-0.1, -0.05) is 32.0 Å². The molecule has 0 aromatic heterocycles. The van der Waals surface area contributed by atoms with Crippen molar-refractivity contribution in [3.63, 3.8) is 0 Å². The van der Waals surface area contributed by atoms with Gasteiger partial charge in [0.1, 0.15) is 0 Å². The lowest BCUT2D eigenvalue weighted by Crippen LogP contribution is -2.18. The summed E-state index contributed by atoms with van der Waals surface area (Å²) < 4.78 is 0. The molecule has 2 atom stereocenters. The molecule has 15 heavy (non-hydrogen) atoms. The Kier molecular flexibility index (Phi) is 2.99. The second kappa shape index (κ2) is 4.26. The molecule has 1 heteroatoms. The highest BCUT2D eigenvalue weighted by Crippen LogP contribution is 2.40. The smallest absolute Gasteiger partial charge is 0.0349 e. The fourth-order valence-corrected chi connectivity index (χ4v) is 3.08. The van der Waals surface area contributed by atoms with E-state index in [2.05, 4.69) is 26.0 Å². The van der Waals surface area contributed by atoms with Crippen molar-refractivity contribution >= 4 is 5.69 Å². The van der Waals surface area contributed by atoms with Crippen LogP contribution < -0.4 is 5.73 Å². The van der Waals surface area contributed by atoms with E-state index >= 15 is 0 Å². The van der Waals surface area contributed by atoms with Gasteiger partial charge in [0.15, 0.2) is 0 Å². The topological polar surface area (TPSA) is 26.0 Å². The molecule has 1 nitrogen and oxygen atoms in total. The Morgan fingerprint density at radius 1 is 1.00 bits per heavy atom. The zero-order valence-corrected chi connectivity index (χ0v) is 9.74. The number of benzene rings is 1. The molecule has 0 amide bonds. The van der Waals surface area contributed by atoms with Crippen LogP contribution in [-0.4, -0.2) is 0 Å². The molecule has 1 fully saturated rings. The highest BCUT2D eigenvalue weighted by atomic mass is 14.6. The second-order valence-electron chi connectivity index (χ2n) is 5.24. The maximum atomic E-state index is 6.04. The molecule has 1 aliphatic carbocycles. The molecular weight excluding hydrogens is 182 g/mol. The Bertz CT molecular complexity index is 322. The summed E-state index contributed by atoms with van der Waals surface area (Å²) in [6.45, 7) is 4.73. The van der Waals surface area contributed by atoms with Crippen LogP contribution in [0.1, 0.15) is 44.6 Å². The number of hydrogen-bond donors (Lipinski definition) is 1. The molecule has 0 saturated heterocycles. The van der Waals surface area contributed by atoms with Gasteiger partial charge in [0.05, 0.1) is 0 Å². The average Bonchev–Trinajstić information content (AvgIpc) is 2.16. The predicted molar refractivity (Wildman–Crippen MR) is 65.8 cm³/mol. The van der Waals surface area contributed by atoms with Crippen LogP contribution in [0.15, 0.2) is 24.3 Å². The van der Waals surface area contributed by atoms with Crippen molar-refractivity contribution in [1.29, 1.82) is 0 Å². The van der Waals surface area contributed by atoms with Gasteiger partial charge in [0.2, 0.25) is 0 Å². The van der Waals surface area contributed by atoms with Crippen LogP contribution in [0, 0.1) is 11.8 Å². The van der Waals surface area contributed by atoms with E-state index < -0.39 is 0 Å². The summed E-state index contributed by atoms with van der Waals surface area (Å²) in [7, 11) is 0.